The standard InChI is InChI=1S/C3H7O.C2H8N3O.O.Ti/c1-3(2)4;3-2(4,5)1-6;;/h3H,1-2H3;1,3-5H2;;/q2*-1;;+2. The van der Waals surface area contributed by atoms with Gasteiger partial charge in [-0.15, -0.1) is 0 Å². The number of hydrogen-bond donors (Lipinski definition) is 3. The maximum atomic E-state index is 10.9. The van der Waals surface area contributed by atoms with Gasteiger partial charge in [0.25, 0.3) is 0 Å². The van der Waals surface area contributed by atoms with E-state index in [1.807, 2.05) is 0 Å². The molecule has 0 heterocycles. The fourth-order valence-corrected chi connectivity index (χ4v) is 1.69. The molecule has 72 valence electrons. The van der Waals surface area contributed by atoms with Gasteiger partial charge in [0, 0.05) is 0 Å². The van der Waals surface area contributed by atoms with Crippen LogP contribution in [0.5, 0.6) is 0 Å². The second kappa shape index (κ2) is 5.13. The Morgan fingerprint density at radius 2 is 1.92 bits per heavy atom. The fraction of sp³-hybridized carbons (Fsp3) is 1.00. The molecular weight excluding hydrogens is 198 g/mol. The Bertz CT molecular complexity index is 157. The average molecular weight is 213 g/mol. The molecule has 0 amide bonds. The van der Waals surface area contributed by atoms with Crippen molar-refractivity contribution in [1.82, 2.24) is 0 Å². The summed E-state index contributed by atoms with van der Waals surface area (Å²) in [5.41, 5.74) is 15.5. The predicted molar refractivity (Wildman–Crippen MR) is 38.2 cm³/mol. The molecule has 0 saturated heterocycles. The van der Waals surface area contributed by atoms with Crippen molar-refractivity contribution in [3.8, 4) is 0 Å². The molecule has 6 N–H and O–H groups in total. The molecule has 12 heavy (non-hydrogen) atoms. The van der Waals surface area contributed by atoms with E-state index < -0.39 is 24.4 Å². The number of hydrogen-bond acceptors (Lipinski definition) is 6. The molecule has 0 bridgehead atoms. The van der Waals surface area contributed by atoms with Crippen molar-refractivity contribution >= 4 is 0 Å². The molecule has 0 unspecified atom stereocenters. The Hall–Kier alpha value is 0.314. The minimum absolute atomic E-state index is 0.125. The topological polar surface area (TPSA) is 114 Å². The molecule has 0 aromatic carbocycles. The molecule has 0 aromatic heterocycles. The maximum absolute atomic E-state index is 10.9. The molecule has 0 spiro atoms. The third-order valence-electron chi connectivity index (χ3n) is 0.772. The Kier molecular flexibility index (Phi) is 5.27. The fourth-order valence-electron chi connectivity index (χ4n) is 0.410. The van der Waals surface area contributed by atoms with Crippen LogP contribution in [0.1, 0.15) is 13.8 Å². The van der Waals surface area contributed by atoms with E-state index in [0.29, 0.717) is 0 Å². The summed E-state index contributed by atoms with van der Waals surface area (Å²) in [6.45, 7) is 3.35. The summed E-state index contributed by atoms with van der Waals surface area (Å²) < 4.78 is 20.5. The van der Waals surface area contributed by atoms with Crippen LogP contribution in [-0.4, -0.2) is 18.5 Å². The van der Waals surface area contributed by atoms with Crippen molar-refractivity contribution in [2.45, 2.75) is 25.7 Å². The van der Waals surface area contributed by atoms with Gasteiger partial charge in [0.05, 0.1) is 0 Å². The SMILES string of the molecule is CC(C)[O][Ti](=[O])[O]CC(N)(N)N. The molecule has 7 heteroatoms. The molecule has 0 rings (SSSR count). The van der Waals surface area contributed by atoms with E-state index >= 15 is 0 Å². The van der Waals surface area contributed by atoms with Gasteiger partial charge < -0.3 is 0 Å². The van der Waals surface area contributed by atoms with Crippen LogP contribution < -0.4 is 17.2 Å². The van der Waals surface area contributed by atoms with Gasteiger partial charge in [-0.3, -0.25) is 0 Å². The molecule has 0 radical (unpaired) electrons. The van der Waals surface area contributed by atoms with Crippen LogP contribution in [0.4, 0.5) is 0 Å². The predicted octanol–water partition coefficient (Wildman–Crippen LogP) is -1.25. The quantitative estimate of drug-likeness (QED) is 0.388. The summed E-state index contributed by atoms with van der Waals surface area (Å²) in [7, 11) is 0. The Balaban J connectivity index is 3.58. The first kappa shape index (κ1) is 12.3. The van der Waals surface area contributed by atoms with Gasteiger partial charge in [-0.25, -0.2) is 0 Å². The van der Waals surface area contributed by atoms with Gasteiger partial charge in [-0.2, -0.15) is 0 Å². The summed E-state index contributed by atoms with van der Waals surface area (Å²) in [4.78, 5) is 0. The van der Waals surface area contributed by atoms with Gasteiger partial charge >= 0.3 is 78.1 Å². The van der Waals surface area contributed by atoms with E-state index in [-0.39, 0.29) is 12.7 Å². The van der Waals surface area contributed by atoms with Crippen molar-refractivity contribution in [3.63, 3.8) is 0 Å². The minimum atomic E-state index is -3.10. The molecular formula is C5H15N3O3Ti. The number of nitrogens with two attached hydrogens (primary N) is 3. The summed E-state index contributed by atoms with van der Waals surface area (Å²) in [5, 5.41) is 0. The van der Waals surface area contributed by atoms with Crippen LogP contribution in [-0.2, 0) is 28.6 Å². The van der Waals surface area contributed by atoms with Crippen LogP contribution >= 0.6 is 0 Å². The van der Waals surface area contributed by atoms with Gasteiger partial charge in [-0.05, 0) is 0 Å². The van der Waals surface area contributed by atoms with Gasteiger partial charge in [0.15, 0.2) is 0 Å². The first-order chi connectivity index (χ1) is 5.31. The molecule has 0 fully saturated rings. The van der Waals surface area contributed by atoms with E-state index in [9.17, 15) is 3.32 Å². The molecule has 0 aliphatic heterocycles. The monoisotopic (exact) mass is 213 g/mol. The third-order valence-corrected chi connectivity index (χ3v) is 2.40. The Morgan fingerprint density at radius 1 is 1.42 bits per heavy atom. The van der Waals surface area contributed by atoms with Crippen molar-refractivity contribution in [1.29, 1.82) is 0 Å². The van der Waals surface area contributed by atoms with Crippen molar-refractivity contribution in [3.05, 3.63) is 0 Å². The Morgan fingerprint density at radius 3 is 2.25 bits per heavy atom. The molecule has 0 saturated carbocycles. The summed E-state index contributed by atoms with van der Waals surface area (Å²) in [6, 6.07) is 0. The molecule has 0 aromatic rings. The first-order valence-electron chi connectivity index (χ1n) is 3.51. The summed E-state index contributed by atoms with van der Waals surface area (Å²) in [5.74, 6) is -1.44. The summed E-state index contributed by atoms with van der Waals surface area (Å²) in [6.07, 6.45) is -0.125. The second-order valence-corrected chi connectivity index (χ2v) is 4.42. The zero-order chi connectivity index (χ0) is 9.78. The van der Waals surface area contributed by atoms with Crippen LogP contribution in [0.15, 0.2) is 0 Å². The molecule has 0 aliphatic carbocycles. The van der Waals surface area contributed by atoms with Crippen LogP contribution in [0.2, 0.25) is 0 Å². The van der Waals surface area contributed by atoms with Crippen LogP contribution in [0.25, 0.3) is 0 Å². The van der Waals surface area contributed by atoms with Gasteiger partial charge in [0.2, 0.25) is 0 Å². The van der Waals surface area contributed by atoms with Gasteiger partial charge in [0.1, 0.15) is 0 Å². The van der Waals surface area contributed by atoms with E-state index in [1.165, 1.54) is 0 Å². The van der Waals surface area contributed by atoms with E-state index in [0.717, 1.165) is 0 Å². The van der Waals surface area contributed by atoms with Crippen molar-refractivity contribution < 1.29 is 28.6 Å². The Labute approximate surface area is 78.5 Å². The van der Waals surface area contributed by atoms with Crippen molar-refractivity contribution in [2.24, 2.45) is 17.2 Å². The zero-order valence-electron chi connectivity index (χ0n) is 7.24. The van der Waals surface area contributed by atoms with E-state index in [2.05, 4.69) is 0 Å². The third kappa shape index (κ3) is 8.41. The van der Waals surface area contributed by atoms with Crippen molar-refractivity contribution in [2.75, 3.05) is 6.61 Å². The normalized spacial score (nSPS) is 12.2. The van der Waals surface area contributed by atoms with Crippen LogP contribution in [0.3, 0.4) is 0 Å². The molecule has 0 atom stereocenters. The van der Waals surface area contributed by atoms with E-state index in [4.69, 9.17) is 23.8 Å². The molecule has 0 aliphatic rings. The van der Waals surface area contributed by atoms with Crippen LogP contribution in [0, 0.1) is 0 Å². The number of rotatable bonds is 5. The summed E-state index contributed by atoms with van der Waals surface area (Å²) >= 11 is -3.10. The van der Waals surface area contributed by atoms with E-state index in [1.54, 1.807) is 13.8 Å². The second-order valence-electron chi connectivity index (χ2n) is 2.82. The van der Waals surface area contributed by atoms with Gasteiger partial charge in [-0.1, -0.05) is 0 Å². The molecule has 6 nitrogen and oxygen atoms in total. The zero-order valence-corrected chi connectivity index (χ0v) is 8.80. The average Bonchev–Trinajstić information content (AvgIpc) is 1.80. The first-order valence-corrected chi connectivity index (χ1v) is 5.42.